The third-order valence-corrected chi connectivity index (χ3v) is 8.57. The first-order valence-corrected chi connectivity index (χ1v) is 14.9. The molecule has 3 aliphatic rings. The third kappa shape index (κ3) is 3.74. The van der Waals surface area contributed by atoms with Gasteiger partial charge in [0, 0.05) is 34.2 Å². The molecule has 3 aliphatic heterocycles. The van der Waals surface area contributed by atoms with Crippen LogP contribution in [0.1, 0.15) is 32.7 Å². The van der Waals surface area contributed by atoms with E-state index in [0.29, 0.717) is 33.2 Å². The fourth-order valence-electron chi connectivity index (χ4n) is 6.00. The summed E-state index contributed by atoms with van der Waals surface area (Å²) in [5.74, 6) is -0.415. The Hall–Kier alpha value is -5.61. The molecule has 1 amide bonds. The largest absolute Gasteiger partial charge is 0.508 e. The first-order valence-electron chi connectivity index (χ1n) is 13.6. The number of amides is 1. The van der Waals surface area contributed by atoms with E-state index < -0.39 is 11.6 Å². The van der Waals surface area contributed by atoms with Gasteiger partial charge in [-0.25, -0.2) is 14.8 Å². The van der Waals surface area contributed by atoms with Gasteiger partial charge in [-0.1, -0.05) is 42.1 Å². The van der Waals surface area contributed by atoms with E-state index in [0.717, 1.165) is 10.9 Å². The number of aromatic nitrogens is 1. The number of hydrogen-bond acceptors (Lipinski definition) is 9. The summed E-state index contributed by atoms with van der Waals surface area (Å²) < 4.78 is 12.2. The minimum atomic E-state index is -1.40. The second-order valence-corrected chi connectivity index (χ2v) is 11.2. The van der Waals surface area contributed by atoms with Gasteiger partial charge in [-0.3, -0.25) is 9.69 Å². The zero-order valence-corrected chi connectivity index (χ0v) is 23.8. The number of para-hydroxylation sites is 1. The van der Waals surface area contributed by atoms with Crippen LogP contribution in [0.4, 0.5) is 5.69 Å². The Morgan fingerprint density at radius 3 is 2.27 bits per heavy atom. The van der Waals surface area contributed by atoms with Crippen molar-refractivity contribution in [2.45, 2.75) is 5.60 Å². The highest BCUT2D eigenvalue weighted by atomic mass is 32.2. The van der Waals surface area contributed by atoms with E-state index in [2.05, 4.69) is 9.98 Å². The molecule has 0 radical (unpaired) electrons. The number of fused-ring (bicyclic) bond motifs is 7. The fraction of sp³-hybridized carbons (Fsp3) is 0.0588. The number of ether oxygens (including phenoxy) is 2. The lowest BCUT2D eigenvalue weighted by Crippen LogP contribution is -2.33. The molecule has 0 saturated heterocycles. The van der Waals surface area contributed by atoms with Gasteiger partial charge in [0.25, 0.3) is 5.91 Å². The van der Waals surface area contributed by atoms with E-state index in [1.807, 2.05) is 42.7 Å². The van der Waals surface area contributed by atoms with E-state index >= 15 is 0 Å². The Kier molecular flexibility index (Phi) is 5.59. The molecule has 0 unspecified atom stereocenters. The van der Waals surface area contributed by atoms with Crippen LogP contribution in [0.2, 0.25) is 0 Å². The molecule has 9 nitrogen and oxygen atoms in total. The molecule has 4 heterocycles. The van der Waals surface area contributed by atoms with Crippen LogP contribution in [-0.2, 0) is 15.1 Å². The number of nitrogens with zero attached hydrogens (tertiary/aromatic N) is 3. The van der Waals surface area contributed by atoms with Gasteiger partial charge >= 0.3 is 5.97 Å². The number of anilines is 1. The molecule has 2 N–H and O–H groups in total. The van der Waals surface area contributed by atoms with Crippen molar-refractivity contribution in [2.24, 2.45) is 4.99 Å². The summed E-state index contributed by atoms with van der Waals surface area (Å²) in [6, 6.07) is 25.8. The van der Waals surface area contributed by atoms with E-state index in [1.54, 1.807) is 36.4 Å². The zero-order valence-electron chi connectivity index (χ0n) is 23.0. The lowest BCUT2D eigenvalue weighted by atomic mass is 9.77. The molecule has 1 spiro atoms. The molecule has 0 aliphatic carbocycles. The minimum absolute atomic E-state index is 0.0263. The number of aliphatic imine (C=N–C) groups is 1. The smallest absolute Gasteiger partial charge is 0.340 e. The second-order valence-electron chi connectivity index (χ2n) is 10.5. The average Bonchev–Trinajstić information content (AvgIpc) is 3.49. The SMILES string of the molecule is CSC1=N/C(=C\c2ccc3ccccc3n2)C(=O)N1c1ccc2c(c1)C(=O)OC21c2ccc(O)cc2Oc2cc(O)ccc21. The van der Waals surface area contributed by atoms with Gasteiger partial charge < -0.3 is 19.7 Å². The molecule has 0 atom stereocenters. The van der Waals surface area contributed by atoms with Crippen LogP contribution >= 0.6 is 11.8 Å². The van der Waals surface area contributed by atoms with E-state index in [1.165, 1.54) is 40.9 Å². The van der Waals surface area contributed by atoms with E-state index in [4.69, 9.17) is 9.47 Å². The molecule has 0 bridgehead atoms. The summed E-state index contributed by atoms with van der Waals surface area (Å²) in [7, 11) is 0. The molecular formula is C34H21N3O6S. The highest BCUT2D eigenvalue weighted by Crippen LogP contribution is 2.57. The maximum Gasteiger partial charge on any atom is 0.340 e. The summed E-state index contributed by atoms with van der Waals surface area (Å²) in [5.41, 5.74) is 2.54. The maximum absolute atomic E-state index is 13.7. The monoisotopic (exact) mass is 599 g/mol. The molecular weight excluding hydrogens is 578 g/mol. The number of rotatable bonds is 2. The van der Waals surface area contributed by atoms with Gasteiger partial charge in [-0.15, -0.1) is 0 Å². The van der Waals surface area contributed by atoms with Crippen molar-refractivity contribution in [3.63, 3.8) is 0 Å². The zero-order chi connectivity index (χ0) is 30.2. The maximum atomic E-state index is 13.7. The number of carbonyl (C=O) groups excluding carboxylic acids is 2. The highest BCUT2D eigenvalue weighted by Gasteiger charge is 2.54. The number of benzene rings is 4. The lowest BCUT2D eigenvalue weighted by molar-refractivity contribution is -0.113. The van der Waals surface area contributed by atoms with Gasteiger partial charge in [-0.2, -0.15) is 0 Å². The topological polar surface area (TPSA) is 122 Å². The van der Waals surface area contributed by atoms with Gasteiger partial charge in [0.15, 0.2) is 10.8 Å². The van der Waals surface area contributed by atoms with Crippen LogP contribution in [0.25, 0.3) is 17.0 Å². The Morgan fingerprint density at radius 2 is 1.55 bits per heavy atom. The third-order valence-electron chi connectivity index (χ3n) is 7.93. The second kappa shape index (κ2) is 9.45. The predicted octanol–water partition coefficient (Wildman–Crippen LogP) is 6.32. The van der Waals surface area contributed by atoms with Gasteiger partial charge in [0.05, 0.1) is 22.5 Å². The Labute approximate surface area is 254 Å². The van der Waals surface area contributed by atoms with Crippen LogP contribution in [0, 0.1) is 0 Å². The summed E-state index contributed by atoms with van der Waals surface area (Å²) in [5, 5.41) is 21.8. The van der Waals surface area contributed by atoms with Crippen LogP contribution in [0.3, 0.4) is 0 Å². The van der Waals surface area contributed by atoms with E-state index in [9.17, 15) is 19.8 Å². The van der Waals surface area contributed by atoms with Crippen molar-refractivity contribution in [1.29, 1.82) is 0 Å². The summed E-state index contributed by atoms with van der Waals surface area (Å²) in [6.45, 7) is 0. The number of phenols is 2. The first kappa shape index (κ1) is 26.1. The lowest BCUT2D eigenvalue weighted by Gasteiger charge is -2.36. The van der Waals surface area contributed by atoms with Crippen molar-refractivity contribution in [3.05, 3.63) is 125 Å². The summed E-state index contributed by atoms with van der Waals surface area (Å²) in [6.07, 6.45) is 3.48. The predicted molar refractivity (Wildman–Crippen MR) is 166 cm³/mol. The molecule has 1 aromatic heterocycles. The Bertz CT molecular complexity index is 2110. The van der Waals surface area contributed by atoms with Crippen molar-refractivity contribution < 1.29 is 29.3 Å². The standard InChI is InChI=1S/C34H21N3O6S/c1-44-33-36-28(14-19-7-6-18-4-2-3-5-27(18)35-19)31(40)37(33)20-8-11-24-23(15-20)32(41)43-34(24)25-12-9-21(38)16-29(25)42-30-17-22(39)10-13-26(30)34/h2-17,38-39H,1H3/b28-14-. The normalized spacial score (nSPS) is 16.9. The van der Waals surface area contributed by atoms with Gasteiger partial charge in [0.1, 0.15) is 28.7 Å². The molecule has 8 rings (SSSR count). The number of thioether (sulfide) groups is 1. The molecule has 5 aromatic rings. The number of esters is 1. The average molecular weight is 600 g/mol. The molecule has 214 valence electrons. The molecule has 10 heteroatoms. The molecule has 44 heavy (non-hydrogen) atoms. The van der Waals surface area contributed by atoms with Crippen LogP contribution in [0.15, 0.2) is 102 Å². The van der Waals surface area contributed by atoms with Crippen molar-refractivity contribution >= 4 is 51.5 Å². The Morgan fingerprint density at radius 1 is 0.841 bits per heavy atom. The van der Waals surface area contributed by atoms with Crippen molar-refractivity contribution in [3.8, 4) is 23.0 Å². The first-order chi connectivity index (χ1) is 21.4. The van der Waals surface area contributed by atoms with E-state index in [-0.39, 0.29) is 40.2 Å². The number of phenolic OH excluding ortho intramolecular Hbond substituents is 2. The number of amidine groups is 1. The van der Waals surface area contributed by atoms with Crippen LogP contribution in [0.5, 0.6) is 23.0 Å². The number of pyridine rings is 1. The number of aromatic hydroxyl groups is 2. The van der Waals surface area contributed by atoms with Crippen LogP contribution < -0.4 is 9.64 Å². The molecule has 0 fully saturated rings. The van der Waals surface area contributed by atoms with Gasteiger partial charge in [0.2, 0.25) is 0 Å². The number of carbonyl (C=O) groups is 2. The fourth-order valence-corrected chi connectivity index (χ4v) is 6.56. The minimum Gasteiger partial charge on any atom is -0.508 e. The molecule has 4 aromatic carbocycles. The van der Waals surface area contributed by atoms with Crippen molar-refractivity contribution in [2.75, 3.05) is 11.2 Å². The summed E-state index contributed by atoms with van der Waals surface area (Å²) >= 11 is 1.31. The summed E-state index contributed by atoms with van der Waals surface area (Å²) in [4.78, 5) is 38.0. The van der Waals surface area contributed by atoms with Gasteiger partial charge in [-0.05, 0) is 60.9 Å². The van der Waals surface area contributed by atoms with Crippen LogP contribution in [-0.4, -0.2) is 38.5 Å². The van der Waals surface area contributed by atoms with Crippen molar-refractivity contribution in [1.82, 2.24) is 4.98 Å². The number of hydrogen-bond donors (Lipinski definition) is 2. The Balaban J connectivity index is 1.22. The molecule has 0 saturated carbocycles. The highest BCUT2D eigenvalue weighted by molar-refractivity contribution is 8.13. The quantitative estimate of drug-likeness (QED) is 0.179.